The van der Waals surface area contributed by atoms with Crippen LogP contribution in [0.4, 0.5) is 0 Å². The fourth-order valence-corrected chi connectivity index (χ4v) is 2.45. The number of nitrogens with zero attached hydrogens (tertiary/aromatic N) is 1. The second kappa shape index (κ2) is 5.88. The van der Waals surface area contributed by atoms with Crippen molar-refractivity contribution < 1.29 is 4.79 Å². The highest BCUT2D eigenvalue weighted by molar-refractivity contribution is 9.10. The Labute approximate surface area is 102 Å². The predicted octanol–water partition coefficient (Wildman–Crippen LogP) is 3.05. The van der Waals surface area contributed by atoms with Crippen molar-refractivity contribution in [3.8, 4) is 0 Å². The number of carbonyl (C=O) groups is 1. The lowest BCUT2D eigenvalue weighted by molar-refractivity contribution is -0.132. The Morgan fingerprint density at radius 2 is 1.93 bits per heavy atom. The van der Waals surface area contributed by atoms with Gasteiger partial charge in [0.2, 0.25) is 5.91 Å². The summed E-state index contributed by atoms with van der Waals surface area (Å²) in [4.78, 5) is 13.9. The van der Waals surface area contributed by atoms with Gasteiger partial charge in [-0.25, -0.2) is 0 Å². The molecule has 0 aliphatic carbocycles. The van der Waals surface area contributed by atoms with E-state index in [9.17, 15) is 4.79 Å². The number of rotatable bonds is 3. The molecule has 88 valence electrons. The lowest BCUT2D eigenvalue weighted by atomic mass is 9.86. The van der Waals surface area contributed by atoms with E-state index >= 15 is 0 Å². The van der Waals surface area contributed by atoms with Gasteiger partial charge in [-0.3, -0.25) is 4.79 Å². The van der Waals surface area contributed by atoms with Crippen molar-refractivity contribution in [3.05, 3.63) is 0 Å². The molecule has 0 radical (unpaired) electrons. The van der Waals surface area contributed by atoms with Gasteiger partial charge in [0.05, 0.1) is 4.83 Å². The number of likely N-dealkylation sites (tertiary alicyclic amines) is 1. The number of piperidine rings is 1. The Morgan fingerprint density at radius 1 is 1.40 bits per heavy atom. The molecule has 1 aliphatic rings. The summed E-state index contributed by atoms with van der Waals surface area (Å²) in [6, 6.07) is 0. The molecule has 2 nitrogen and oxygen atoms in total. The van der Waals surface area contributed by atoms with Gasteiger partial charge in [-0.2, -0.15) is 0 Å². The van der Waals surface area contributed by atoms with E-state index in [1.165, 1.54) is 12.8 Å². The molecular weight excluding hydrogens is 254 g/mol. The highest BCUT2D eigenvalue weighted by atomic mass is 79.9. The van der Waals surface area contributed by atoms with E-state index in [0.717, 1.165) is 31.3 Å². The van der Waals surface area contributed by atoms with E-state index in [-0.39, 0.29) is 10.7 Å². The predicted molar refractivity (Wildman–Crippen MR) is 67.1 cm³/mol. The maximum absolute atomic E-state index is 11.9. The van der Waals surface area contributed by atoms with Gasteiger partial charge in [0.25, 0.3) is 0 Å². The smallest absolute Gasteiger partial charge is 0.236 e. The first-order valence-corrected chi connectivity index (χ1v) is 6.90. The first kappa shape index (κ1) is 13.0. The Balaban J connectivity index is 2.40. The Hall–Kier alpha value is -0.0500. The number of halogens is 1. The van der Waals surface area contributed by atoms with Crippen molar-refractivity contribution in [3.63, 3.8) is 0 Å². The summed E-state index contributed by atoms with van der Waals surface area (Å²) in [6.07, 6.45) is 3.22. The van der Waals surface area contributed by atoms with Crippen LogP contribution in [0.15, 0.2) is 0 Å². The monoisotopic (exact) mass is 275 g/mol. The van der Waals surface area contributed by atoms with Crippen molar-refractivity contribution in [2.45, 2.75) is 44.9 Å². The van der Waals surface area contributed by atoms with Crippen molar-refractivity contribution in [1.29, 1.82) is 0 Å². The third kappa shape index (κ3) is 3.47. The van der Waals surface area contributed by atoms with Crippen LogP contribution in [0, 0.1) is 11.8 Å². The molecule has 1 fully saturated rings. The molecule has 1 unspecified atom stereocenters. The molecule has 1 aliphatic heterocycles. The summed E-state index contributed by atoms with van der Waals surface area (Å²) in [5.41, 5.74) is 0. The Morgan fingerprint density at radius 3 is 2.33 bits per heavy atom. The van der Waals surface area contributed by atoms with Crippen molar-refractivity contribution >= 4 is 21.8 Å². The fourth-order valence-electron chi connectivity index (χ4n) is 2.16. The van der Waals surface area contributed by atoms with Gasteiger partial charge >= 0.3 is 0 Å². The second-order valence-corrected chi connectivity index (χ2v) is 5.89. The topological polar surface area (TPSA) is 20.3 Å². The zero-order chi connectivity index (χ0) is 11.4. The van der Waals surface area contributed by atoms with Crippen LogP contribution in [-0.2, 0) is 4.79 Å². The lowest BCUT2D eigenvalue weighted by Gasteiger charge is -2.34. The maximum Gasteiger partial charge on any atom is 0.236 e. The SMILES string of the molecule is CCC(Br)C(=O)N1CCC(C(C)C)CC1. The van der Waals surface area contributed by atoms with Crippen LogP contribution >= 0.6 is 15.9 Å². The van der Waals surface area contributed by atoms with Crippen LogP contribution in [-0.4, -0.2) is 28.7 Å². The molecule has 1 rings (SSSR count). The van der Waals surface area contributed by atoms with Gasteiger partial charge < -0.3 is 4.90 Å². The van der Waals surface area contributed by atoms with E-state index < -0.39 is 0 Å². The van der Waals surface area contributed by atoms with Crippen LogP contribution in [0.25, 0.3) is 0 Å². The second-order valence-electron chi connectivity index (χ2n) is 4.78. The quantitative estimate of drug-likeness (QED) is 0.725. The van der Waals surface area contributed by atoms with Gasteiger partial charge in [0, 0.05) is 13.1 Å². The van der Waals surface area contributed by atoms with E-state index in [2.05, 4.69) is 29.8 Å². The Kier molecular flexibility index (Phi) is 5.10. The first-order valence-electron chi connectivity index (χ1n) is 5.99. The van der Waals surface area contributed by atoms with E-state index in [1.807, 2.05) is 11.8 Å². The fraction of sp³-hybridized carbons (Fsp3) is 0.917. The lowest BCUT2D eigenvalue weighted by Crippen LogP contribution is -2.42. The third-order valence-corrected chi connectivity index (χ3v) is 4.46. The van der Waals surface area contributed by atoms with Crippen molar-refractivity contribution in [2.24, 2.45) is 11.8 Å². The standard InChI is InChI=1S/C12H22BrNO/c1-4-11(13)12(15)14-7-5-10(6-8-14)9(2)3/h9-11H,4-8H2,1-3H3. The molecule has 3 heteroatoms. The van der Waals surface area contributed by atoms with Gasteiger partial charge in [-0.15, -0.1) is 0 Å². The summed E-state index contributed by atoms with van der Waals surface area (Å²) < 4.78 is 0. The summed E-state index contributed by atoms with van der Waals surface area (Å²) in [5.74, 6) is 1.84. The van der Waals surface area contributed by atoms with Crippen LogP contribution < -0.4 is 0 Å². The average molecular weight is 276 g/mol. The molecule has 1 atom stereocenters. The molecule has 0 spiro atoms. The molecule has 1 heterocycles. The summed E-state index contributed by atoms with van der Waals surface area (Å²) in [7, 11) is 0. The first-order chi connectivity index (χ1) is 7.06. The number of hydrogen-bond donors (Lipinski definition) is 0. The molecule has 0 aromatic carbocycles. The van der Waals surface area contributed by atoms with Crippen molar-refractivity contribution in [1.82, 2.24) is 4.90 Å². The van der Waals surface area contributed by atoms with Crippen LogP contribution in [0.3, 0.4) is 0 Å². The van der Waals surface area contributed by atoms with Crippen molar-refractivity contribution in [2.75, 3.05) is 13.1 Å². The number of hydrogen-bond acceptors (Lipinski definition) is 1. The van der Waals surface area contributed by atoms with E-state index in [1.54, 1.807) is 0 Å². The molecule has 15 heavy (non-hydrogen) atoms. The molecule has 1 saturated heterocycles. The summed E-state index contributed by atoms with van der Waals surface area (Å²) in [5, 5.41) is 0. The number of alkyl halides is 1. The molecule has 0 N–H and O–H groups in total. The number of amides is 1. The van der Waals surface area contributed by atoms with Gasteiger partial charge in [0.1, 0.15) is 0 Å². The Bertz CT molecular complexity index is 210. The molecule has 1 amide bonds. The molecule has 0 saturated carbocycles. The third-order valence-electron chi connectivity index (χ3n) is 3.42. The molecule has 0 aromatic heterocycles. The zero-order valence-electron chi connectivity index (χ0n) is 10.0. The largest absolute Gasteiger partial charge is 0.342 e. The summed E-state index contributed by atoms with van der Waals surface area (Å²) >= 11 is 3.43. The highest BCUT2D eigenvalue weighted by Crippen LogP contribution is 2.25. The summed E-state index contributed by atoms with van der Waals surface area (Å²) in [6.45, 7) is 8.49. The van der Waals surface area contributed by atoms with E-state index in [0.29, 0.717) is 0 Å². The molecular formula is C12H22BrNO. The van der Waals surface area contributed by atoms with E-state index in [4.69, 9.17) is 0 Å². The normalized spacial score (nSPS) is 20.7. The minimum Gasteiger partial charge on any atom is -0.342 e. The maximum atomic E-state index is 11.9. The molecule has 0 aromatic rings. The highest BCUT2D eigenvalue weighted by Gasteiger charge is 2.26. The minimum atomic E-state index is 0.0214. The minimum absolute atomic E-state index is 0.0214. The molecule has 0 bridgehead atoms. The van der Waals surface area contributed by atoms with Crippen LogP contribution in [0.5, 0.6) is 0 Å². The van der Waals surface area contributed by atoms with Gasteiger partial charge in [0.15, 0.2) is 0 Å². The van der Waals surface area contributed by atoms with Crippen LogP contribution in [0.2, 0.25) is 0 Å². The number of carbonyl (C=O) groups excluding carboxylic acids is 1. The average Bonchev–Trinajstić information content (AvgIpc) is 2.27. The van der Waals surface area contributed by atoms with Gasteiger partial charge in [-0.1, -0.05) is 36.7 Å². The zero-order valence-corrected chi connectivity index (χ0v) is 11.6. The van der Waals surface area contributed by atoms with Crippen LogP contribution in [0.1, 0.15) is 40.0 Å². The van der Waals surface area contributed by atoms with Gasteiger partial charge in [-0.05, 0) is 31.1 Å².